The fourth-order valence-electron chi connectivity index (χ4n) is 1.52. The van der Waals surface area contributed by atoms with E-state index in [2.05, 4.69) is 28.2 Å². The van der Waals surface area contributed by atoms with Gasteiger partial charge in [-0.3, -0.25) is 4.79 Å². The van der Waals surface area contributed by atoms with Gasteiger partial charge in [-0.25, -0.2) is 8.78 Å². The second-order valence-corrected chi connectivity index (χ2v) is 5.46. The van der Waals surface area contributed by atoms with Crippen molar-refractivity contribution in [1.29, 1.82) is 0 Å². The Morgan fingerprint density at radius 3 is 2.74 bits per heavy atom. The standard InChI is InChI=1S/C13H15BrClF2NO/c1-8(7-14)3-2-4-18-13(19)9-5-12(17)10(15)6-11(9)16/h5-6,8H,2-4,7H2,1H3,(H,18,19). The van der Waals surface area contributed by atoms with Crippen LogP contribution in [0.4, 0.5) is 8.78 Å². The van der Waals surface area contributed by atoms with Crippen molar-refractivity contribution < 1.29 is 13.6 Å². The van der Waals surface area contributed by atoms with Gasteiger partial charge in [-0.1, -0.05) is 34.5 Å². The van der Waals surface area contributed by atoms with Crippen molar-refractivity contribution in [2.45, 2.75) is 19.8 Å². The van der Waals surface area contributed by atoms with Gasteiger partial charge in [0.2, 0.25) is 0 Å². The van der Waals surface area contributed by atoms with E-state index in [1.807, 2.05) is 0 Å². The summed E-state index contributed by atoms with van der Waals surface area (Å²) in [5.41, 5.74) is -0.324. The lowest BCUT2D eigenvalue weighted by Crippen LogP contribution is -2.26. The monoisotopic (exact) mass is 353 g/mol. The minimum absolute atomic E-state index is 0.324. The smallest absolute Gasteiger partial charge is 0.254 e. The lowest BCUT2D eigenvalue weighted by Gasteiger charge is -2.09. The number of rotatable bonds is 6. The number of benzene rings is 1. The summed E-state index contributed by atoms with van der Waals surface area (Å²) in [5.74, 6) is -1.74. The van der Waals surface area contributed by atoms with E-state index in [1.165, 1.54) is 0 Å². The van der Waals surface area contributed by atoms with Gasteiger partial charge in [0, 0.05) is 11.9 Å². The Balaban J connectivity index is 2.52. The van der Waals surface area contributed by atoms with Crippen LogP contribution in [-0.4, -0.2) is 17.8 Å². The lowest BCUT2D eigenvalue weighted by molar-refractivity contribution is 0.0948. The quantitative estimate of drug-likeness (QED) is 0.464. The molecule has 0 saturated heterocycles. The number of alkyl halides is 1. The Morgan fingerprint density at radius 2 is 2.11 bits per heavy atom. The third-order valence-electron chi connectivity index (χ3n) is 2.68. The maximum Gasteiger partial charge on any atom is 0.254 e. The molecule has 1 amide bonds. The molecule has 0 aliphatic rings. The molecule has 19 heavy (non-hydrogen) atoms. The van der Waals surface area contributed by atoms with Crippen molar-refractivity contribution in [3.63, 3.8) is 0 Å². The van der Waals surface area contributed by atoms with Crippen molar-refractivity contribution in [3.05, 3.63) is 34.4 Å². The largest absolute Gasteiger partial charge is 0.352 e. The van der Waals surface area contributed by atoms with Gasteiger partial charge in [0.25, 0.3) is 5.91 Å². The first kappa shape index (κ1) is 16.4. The second-order valence-electron chi connectivity index (χ2n) is 4.40. The molecule has 0 heterocycles. The minimum atomic E-state index is -0.822. The number of nitrogens with one attached hydrogen (secondary N) is 1. The normalized spacial score (nSPS) is 12.3. The third kappa shape index (κ3) is 5.07. The highest BCUT2D eigenvalue weighted by Gasteiger charge is 2.15. The molecular formula is C13H15BrClF2NO. The minimum Gasteiger partial charge on any atom is -0.352 e. The third-order valence-corrected chi connectivity index (χ3v) is 4.07. The van der Waals surface area contributed by atoms with E-state index in [4.69, 9.17) is 11.6 Å². The van der Waals surface area contributed by atoms with Crippen molar-refractivity contribution in [3.8, 4) is 0 Å². The molecule has 0 fully saturated rings. The summed E-state index contributed by atoms with van der Waals surface area (Å²) >= 11 is 8.78. The highest BCUT2D eigenvalue weighted by atomic mass is 79.9. The zero-order chi connectivity index (χ0) is 14.4. The Kier molecular flexibility index (Phi) is 6.72. The molecule has 1 rings (SSSR count). The zero-order valence-corrected chi connectivity index (χ0v) is 12.8. The van der Waals surface area contributed by atoms with Gasteiger partial charge in [0.1, 0.15) is 11.6 Å². The maximum absolute atomic E-state index is 13.5. The van der Waals surface area contributed by atoms with Crippen LogP contribution in [0.5, 0.6) is 0 Å². The van der Waals surface area contributed by atoms with Crippen molar-refractivity contribution in [1.82, 2.24) is 5.32 Å². The first-order valence-corrected chi connectivity index (χ1v) is 7.44. The van der Waals surface area contributed by atoms with Crippen LogP contribution in [0.25, 0.3) is 0 Å². The van der Waals surface area contributed by atoms with Crippen LogP contribution in [-0.2, 0) is 0 Å². The van der Waals surface area contributed by atoms with E-state index in [-0.39, 0.29) is 10.6 Å². The van der Waals surface area contributed by atoms with E-state index in [0.717, 1.165) is 30.3 Å². The topological polar surface area (TPSA) is 29.1 Å². The number of amides is 1. The molecule has 1 unspecified atom stereocenters. The highest BCUT2D eigenvalue weighted by molar-refractivity contribution is 9.09. The van der Waals surface area contributed by atoms with Crippen molar-refractivity contribution in [2.24, 2.45) is 5.92 Å². The Hall–Kier alpha value is -0.680. The lowest BCUT2D eigenvalue weighted by atomic mass is 10.1. The first-order chi connectivity index (χ1) is 8.95. The number of carbonyl (C=O) groups excluding carboxylic acids is 1. The number of hydrogen-bond donors (Lipinski definition) is 1. The van der Waals surface area contributed by atoms with Crippen LogP contribution in [0.3, 0.4) is 0 Å². The summed E-state index contributed by atoms with van der Waals surface area (Å²) < 4.78 is 26.6. The number of carbonyl (C=O) groups is 1. The van der Waals surface area contributed by atoms with Crippen molar-refractivity contribution in [2.75, 3.05) is 11.9 Å². The molecule has 0 aromatic heterocycles. The molecule has 0 saturated carbocycles. The molecule has 1 aromatic rings. The zero-order valence-electron chi connectivity index (χ0n) is 10.5. The molecule has 1 N–H and O–H groups in total. The molecule has 0 bridgehead atoms. The van der Waals surface area contributed by atoms with Gasteiger partial charge >= 0.3 is 0 Å². The average Bonchev–Trinajstić information content (AvgIpc) is 2.38. The summed E-state index contributed by atoms with van der Waals surface area (Å²) in [6.45, 7) is 2.52. The van der Waals surface area contributed by atoms with E-state index < -0.39 is 17.5 Å². The van der Waals surface area contributed by atoms with Gasteiger partial charge < -0.3 is 5.32 Å². The van der Waals surface area contributed by atoms with Gasteiger partial charge in [-0.2, -0.15) is 0 Å². The molecule has 0 aliphatic heterocycles. The van der Waals surface area contributed by atoms with Crippen LogP contribution in [0.15, 0.2) is 12.1 Å². The van der Waals surface area contributed by atoms with Gasteiger partial charge in [-0.05, 0) is 30.9 Å². The molecule has 0 radical (unpaired) electrons. The molecule has 0 aliphatic carbocycles. The highest BCUT2D eigenvalue weighted by Crippen LogP contribution is 2.19. The van der Waals surface area contributed by atoms with Crippen LogP contribution >= 0.6 is 27.5 Å². The van der Waals surface area contributed by atoms with E-state index in [1.54, 1.807) is 0 Å². The first-order valence-electron chi connectivity index (χ1n) is 5.94. The molecule has 2 nitrogen and oxygen atoms in total. The molecule has 106 valence electrons. The average molecular weight is 355 g/mol. The van der Waals surface area contributed by atoms with E-state index >= 15 is 0 Å². The molecule has 1 atom stereocenters. The fraction of sp³-hybridized carbons (Fsp3) is 0.462. The summed E-state index contributed by atoms with van der Waals surface area (Å²) in [7, 11) is 0. The van der Waals surface area contributed by atoms with Gasteiger partial charge in [0.05, 0.1) is 10.6 Å². The summed E-state index contributed by atoms with van der Waals surface area (Å²) in [5, 5.41) is 3.13. The summed E-state index contributed by atoms with van der Waals surface area (Å²) in [6.07, 6.45) is 1.74. The molecular weight excluding hydrogens is 340 g/mol. The maximum atomic E-state index is 13.5. The van der Waals surface area contributed by atoms with E-state index in [9.17, 15) is 13.6 Å². The molecule has 6 heteroatoms. The van der Waals surface area contributed by atoms with Gasteiger partial charge in [-0.15, -0.1) is 0 Å². The number of halogens is 4. The van der Waals surface area contributed by atoms with Crippen LogP contribution in [0, 0.1) is 17.6 Å². The Labute approximate surface area is 124 Å². The fourth-order valence-corrected chi connectivity index (χ4v) is 2.00. The summed E-state index contributed by atoms with van der Waals surface area (Å²) in [4.78, 5) is 11.7. The second kappa shape index (κ2) is 7.80. The predicted molar refractivity (Wildman–Crippen MR) is 75.9 cm³/mol. The SMILES string of the molecule is CC(CBr)CCCNC(=O)c1cc(F)c(Cl)cc1F. The van der Waals surface area contributed by atoms with Crippen LogP contribution in [0.1, 0.15) is 30.1 Å². The Bertz CT molecular complexity index is 457. The molecule has 0 spiro atoms. The Morgan fingerprint density at radius 1 is 1.42 bits per heavy atom. The number of hydrogen-bond acceptors (Lipinski definition) is 1. The van der Waals surface area contributed by atoms with Crippen molar-refractivity contribution >= 4 is 33.4 Å². The summed E-state index contributed by atoms with van der Waals surface area (Å²) in [6, 6.07) is 1.62. The van der Waals surface area contributed by atoms with Crippen LogP contribution in [0.2, 0.25) is 5.02 Å². The van der Waals surface area contributed by atoms with Gasteiger partial charge in [0.15, 0.2) is 0 Å². The predicted octanol–water partition coefficient (Wildman–Crippen LogP) is 4.16. The van der Waals surface area contributed by atoms with Crippen LogP contribution < -0.4 is 5.32 Å². The molecule has 1 aromatic carbocycles. The van der Waals surface area contributed by atoms with E-state index in [0.29, 0.717) is 12.5 Å².